The first-order valence-electron chi connectivity index (χ1n) is 9.36. The second-order valence-corrected chi connectivity index (χ2v) is 6.43. The minimum Gasteiger partial charge on any atom is -0.493 e. The summed E-state index contributed by atoms with van der Waals surface area (Å²) in [6.07, 6.45) is 0. The number of aromatic nitrogens is 1. The van der Waals surface area contributed by atoms with Gasteiger partial charge in [-0.05, 0) is 43.7 Å². The van der Waals surface area contributed by atoms with Crippen molar-refractivity contribution in [2.75, 3.05) is 14.2 Å². The van der Waals surface area contributed by atoms with Crippen molar-refractivity contribution in [3.8, 4) is 17.2 Å². The first-order valence-corrected chi connectivity index (χ1v) is 9.36. The van der Waals surface area contributed by atoms with Crippen molar-refractivity contribution in [1.29, 1.82) is 0 Å². The maximum Gasteiger partial charge on any atom is 0.214 e. The number of guanidine groups is 1. The van der Waals surface area contributed by atoms with Gasteiger partial charge in [0.15, 0.2) is 17.5 Å². The van der Waals surface area contributed by atoms with E-state index in [1.807, 2.05) is 62.4 Å². The molecular formula is C22H27IN4O3. The normalized spacial score (nSPS) is 10.9. The van der Waals surface area contributed by atoms with E-state index in [0.29, 0.717) is 36.4 Å². The fourth-order valence-corrected chi connectivity index (χ4v) is 2.69. The molecule has 0 aliphatic rings. The van der Waals surface area contributed by atoms with Crippen LogP contribution >= 0.6 is 24.0 Å². The molecule has 160 valence electrons. The Balaban J connectivity index is 0.00000320. The van der Waals surface area contributed by atoms with Crippen LogP contribution in [0.1, 0.15) is 22.9 Å². The van der Waals surface area contributed by atoms with Crippen LogP contribution in [0.15, 0.2) is 57.9 Å². The van der Waals surface area contributed by atoms with Gasteiger partial charge in [0.2, 0.25) is 5.89 Å². The van der Waals surface area contributed by atoms with Gasteiger partial charge in [0.1, 0.15) is 11.5 Å². The second kappa shape index (κ2) is 11.4. The van der Waals surface area contributed by atoms with Gasteiger partial charge in [-0.25, -0.2) is 4.98 Å². The van der Waals surface area contributed by atoms with Gasteiger partial charge in [0.25, 0.3) is 0 Å². The van der Waals surface area contributed by atoms with E-state index < -0.39 is 0 Å². The average molecular weight is 522 g/mol. The van der Waals surface area contributed by atoms with Gasteiger partial charge in [-0.15, -0.1) is 24.0 Å². The van der Waals surface area contributed by atoms with E-state index in [4.69, 9.17) is 13.9 Å². The number of rotatable bonds is 7. The number of aliphatic imine (C=N–C) groups is 1. The van der Waals surface area contributed by atoms with Crippen LogP contribution in [0.4, 0.5) is 0 Å². The molecular weight excluding hydrogens is 495 g/mol. The zero-order valence-corrected chi connectivity index (χ0v) is 19.9. The zero-order valence-electron chi connectivity index (χ0n) is 17.6. The summed E-state index contributed by atoms with van der Waals surface area (Å²) >= 11 is 0. The fraction of sp³-hybridized carbons (Fsp3) is 0.273. The van der Waals surface area contributed by atoms with Crippen LogP contribution in [-0.2, 0) is 13.1 Å². The molecule has 1 heterocycles. The molecule has 1 aromatic heterocycles. The molecule has 0 bridgehead atoms. The topological polar surface area (TPSA) is 80.9 Å². The zero-order chi connectivity index (χ0) is 20.6. The number of nitrogens with one attached hydrogen (secondary N) is 2. The van der Waals surface area contributed by atoms with E-state index in [-0.39, 0.29) is 24.0 Å². The number of benzene rings is 2. The van der Waals surface area contributed by atoms with Crippen LogP contribution in [0, 0.1) is 13.8 Å². The summed E-state index contributed by atoms with van der Waals surface area (Å²) in [5.74, 6) is 4.27. The van der Waals surface area contributed by atoms with Crippen LogP contribution < -0.4 is 20.1 Å². The molecule has 3 rings (SSSR count). The Kier molecular flexibility index (Phi) is 8.97. The lowest BCUT2D eigenvalue weighted by atomic mass is 10.2. The van der Waals surface area contributed by atoms with E-state index in [1.165, 1.54) is 0 Å². The van der Waals surface area contributed by atoms with Crippen molar-refractivity contribution in [2.24, 2.45) is 4.99 Å². The van der Waals surface area contributed by atoms with Gasteiger partial charge in [0, 0.05) is 13.6 Å². The summed E-state index contributed by atoms with van der Waals surface area (Å²) in [6, 6.07) is 15.4. The summed E-state index contributed by atoms with van der Waals surface area (Å²) in [7, 11) is 3.35. The maximum absolute atomic E-state index is 5.90. The summed E-state index contributed by atoms with van der Waals surface area (Å²) in [5.41, 5.74) is 2.00. The lowest BCUT2D eigenvalue weighted by Crippen LogP contribution is -2.36. The predicted octanol–water partition coefficient (Wildman–Crippen LogP) is 4.58. The number of aryl methyl sites for hydroxylation is 2. The van der Waals surface area contributed by atoms with Crippen LogP contribution in [-0.4, -0.2) is 25.1 Å². The van der Waals surface area contributed by atoms with Gasteiger partial charge in [-0.3, -0.25) is 4.99 Å². The van der Waals surface area contributed by atoms with E-state index in [0.717, 1.165) is 22.8 Å². The average Bonchev–Trinajstić information content (AvgIpc) is 3.07. The lowest BCUT2D eigenvalue weighted by molar-refractivity contribution is 0.379. The number of ether oxygens (including phenoxy) is 2. The van der Waals surface area contributed by atoms with Crippen molar-refractivity contribution in [2.45, 2.75) is 26.9 Å². The smallest absolute Gasteiger partial charge is 0.214 e. The Hall–Kier alpha value is -2.75. The van der Waals surface area contributed by atoms with Crippen molar-refractivity contribution < 1.29 is 13.9 Å². The Bertz CT molecular complexity index is 951. The Morgan fingerprint density at radius 3 is 2.27 bits per heavy atom. The highest BCUT2D eigenvalue weighted by atomic mass is 127. The lowest BCUT2D eigenvalue weighted by Gasteiger charge is -2.12. The highest BCUT2D eigenvalue weighted by molar-refractivity contribution is 14.0. The summed E-state index contributed by atoms with van der Waals surface area (Å²) in [4.78, 5) is 8.58. The predicted molar refractivity (Wildman–Crippen MR) is 128 cm³/mol. The maximum atomic E-state index is 5.90. The molecule has 0 fully saturated rings. The van der Waals surface area contributed by atoms with E-state index in [2.05, 4.69) is 20.6 Å². The molecule has 0 saturated heterocycles. The van der Waals surface area contributed by atoms with Crippen LogP contribution in [0.2, 0.25) is 0 Å². The molecule has 2 N–H and O–H groups in total. The molecule has 0 atom stereocenters. The SMILES string of the molecule is CN=C(NCc1ccc(Oc2ccccc2OC)cc1)NCc1nc(C)c(C)o1.I. The number of methoxy groups -OCH3 is 1. The molecule has 0 amide bonds. The minimum absolute atomic E-state index is 0. The Morgan fingerprint density at radius 2 is 1.67 bits per heavy atom. The number of nitrogens with zero attached hydrogens (tertiary/aromatic N) is 2. The van der Waals surface area contributed by atoms with Gasteiger partial charge in [0.05, 0.1) is 19.3 Å². The second-order valence-electron chi connectivity index (χ2n) is 6.43. The molecule has 7 nitrogen and oxygen atoms in total. The number of hydrogen-bond donors (Lipinski definition) is 2. The summed E-state index contributed by atoms with van der Waals surface area (Å²) in [6.45, 7) is 4.93. The van der Waals surface area contributed by atoms with E-state index >= 15 is 0 Å². The monoisotopic (exact) mass is 522 g/mol. The largest absolute Gasteiger partial charge is 0.493 e. The minimum atomic E-state index is 0. The number of halogens is 1. The standard InChI is InChI=1S/C22H26N4O3.HI/c1-15-16(2)28-21(26-15)14-25-22(23-3)24-13-17-9-11-18(12-10-17)29-20-8-6-5-7-19(20)27-4;/h5-12H,13-14H2,1-4H3,(H2,23,24,25);1H. The van der Waals surface area contributed by atoms with Gasteiger partial charge < -0.3 is 24.5 Å². The third kappa shape index (κ3) is 6.38. The van der Waals surface area contributed by atoms with Crippen molar-refractivity contribution >= 4 is 29.9 Å². The third-order valence-electron chi connectivity index (χ3n) is 4.38. The van der Waals surface area contributed by atoms with Crippen molar-refractivity contribution in [1.82, 2.24) is 15.6 Å². The van der Waals surface area contributed by atoms with Gasteiger partial charge in [-0.2, -0.15) is 0 Å². The third-order valence-corrected chi connectivity index (χ3v) is 4.38. The molecule has 3 aromatic rings. The van der Waals surface area contributed by atoms with Crippen LogP contribution in [0.3, 0.4) is 0 Å². The molecule has 0 aliphatic carbocycles. The van der Waals surface area contributed by atoms with Gasteiger partial charge >= 0.3 is 0 Å². The van der Waals surface area contributed by atoms with Crippen LogP contribution in [0.5, 0.6) is 17.2 Å². The van der Waals surface area contributed by atoms with Crippen molar-refractivity contribution in [3.63, 3.8) is 0 Å². The molecule has 0 radical (unpaired) electrons. The molecule has 0 unspecified atom stereocenters. The highest BCUT2D eigenvalue weighted by Gasteiger charge is 2.07. The molecule has 0 spiro atoms. The summed E-state index contributed by atoms with van der Waals surface area (Å²) in [5, 5.41) is 6.47. The van der Waals surface area contributed by atoms with E-state index in [1.54, 1.807) is 14.2 Å². The number of para-hydroxylation sites is 2. The molecule has 0 aliphatic heterocycles. The fourth-order valence-electron chi connectivity index (χ4n) is 2.69. The highest BCUT2D eigenvalue weighted by Crippen LogP contribution is 2.30. The molecule has 8 heteroatoms. The molecule has 2 aromatic carbocycles. The van der Waals surface area contributed by atoms with Gasteiger partial charge in [-0.1, -0.05) is 24.3 Å². The quantitative estimate of drug-likeness (QED) is 0.269. The molecule has 0 saturated carbocycles. The Labute approximate surface area is 193 Å². The molecule has 30 heavy (non-hydrogen) atoms. The number of oxazole rings is 1. The van der Waals surface area contributed by atoms with Crippen LogP contribution in [0.25, 0.3) is 0 Å². The Morgan fingerprint density at radius 1 is 1.00 bits per heavy atom. The number of hydrogen-bond acceptors (Lipinski definition) is 5. The first-order chi connectivity index (χ1) is 14.1. The summed E-state index contributed by atoms with van der Waals surface area (Å²) < 4.78 is 16.8. The van der Waals surface area contributed by atoms with E-state index in [9.17, 15) is 0 Å². The first kappa shape index (κ1) is 23.5. The van der Waals surface area contributed by atoms with Crippen molar-refractivity contribution in [3.05, 3.63) is 71.4 Å².